The van der Waals surface area contributed by atoms with Crippen LogP contribution in [-0.4, -0.2) is 72.3 Å². The van der Waals surface area contributed by atoms with Gasteiger partial charge in [0.05, 0.1) is 11.8 Å². The van der Waals surface area contributed by atoms with E-state index in [1.54, 1.807) is 17.9 Å². The summed E-state index contributed by atoms with van der Waals surface area (Å²) in [6.07, 6.45) is 2.78. The number of likely N-dealkylation sites (N-methyl/N-ethyl adjacent to an activating group) is 1. The summed E-state index contributed by atoms with van der Waals surface area (Å²) in [5.74, 6) is 0.721. The molecule has 0 N–H and O–H groups in total. The third-order valence-electron chi connectivity index (χ3n) is 4.64. The first-order valence-corrected chi connectivity index (χ1v) is 8.90. The molecule has 0 unspecified atom stereocenters. The summed E-state index contributed by atoms with van der Waals surface area (Å²) in [5, 5.41) is 0. The molecule has 0 saturated carbocycles. The summed E-state index contributed by atoms with van der Waals surface area (Å²) in [6.45, 7) is 11.6. The molecule has 1 fully saturated rings. The lowest BCUT2D eigenvalue weighted by molar-refractivity contribution is -0.133. The summed E-state index contributed by atoms with van der Waals surface area (Å²) >= 11 is 0. The first-order valence-electron chi connectivity index (χ1n) is 8.90. The molecule has 1 aromatic rings. The van der Waals surface area contributed by atoms with E-state index < -0.39 is 0 Å². The van der Waals surface area contributed by atoms with Gasteiger partial charge in [0.1, 0.15) is 5.76 Å². The molecule has 1 aliphatic rings. The maximum Gasteiger partial charge on any atom is 0.257 e. The van der Waals surface area contributed by atoms with Crippen LogP contribution in [-0.2, 0) is 4.79 Å². The van der Waals surface area contributed by atoms with Crippen molar-refractivity contribution in [2.75, 3.05) is 45.8 Å². The van der Waals surface area contributed by atoms with Crippen molar-refractivity contribution in [2.45, 2.75) is 33.6 Å². The predicted octanol–water partition coefficient (Wildman–Crippen LogP) is 1.99. The molecule has 1 aromatic heterocycles. The van der Waals surface area contributed by atoms with E-state index in [0.29, 0.717) is 30.8 Å². The molecular weight excluding hydrogens is 306 g/mol. The van der Waals surface area contributed by atoms with Crippen LogP contribution in [0.4, 0.5) is 0 Å². The van der Waals surface area contributed by atoms with Gasteiger partial charge in [-0.2, -0.15) is 0 Å². The molecule has 6 nitrogen and oxygen atoms in total. The Morgan fingerprint density at radius 2 is 1.88 bits per heavy atom. The van der Waals surface area contributed by atoms with Crippen LogP contribution in [0.2, 0.25) is 0 Å². The van der Waals surface area contributed by atoms with Crippen molar-refractivity contribution in [3.05, 3.63) is 23.7 Å². The summed E-state index contributed by atoms with van der Waals surface area (Å²) in [7, 11) is 0. The van der Waals surface area contributed by atoms with Gasteiger partial charge in [0, 0.05) is 45.7 Å². The van der Waals surface area contributed by atoms with Crippen LogP contribution in [0.3, 0.4) is 0 Å². The van der Waals surface area contributed by atoms with Crippen molar-refractivity contribution >= 4 is 11.8 Å². The standard InChI is InChI=1S/C18H29N3O3/c1-4-8-21(18(23)16-7-14-24-15(16)3)9-6-17(22)20-12-10-19(5-2)11-13-20/h7,14H,4-6,8-13H2,1-3H3. The minimum absolute atomic E-state index is 0.0493. The van der Waals surface area contributed by atoms with Gasteiger partial charge < -0.3 is 19.1 Å². The second-order valence-electron chi connectivity index (χ2n) is 6.25. The number of nitrogens with zero attached hydrogens (tertiary/aromatic N) is 3. The van der Waals surface area contributed by atoms with Crippen molar-refractivity contribution in [3.63, 3.8) is 0 Å². The Morgan fingerprint density at radius 3 is 2.42 bits per heavy atom. The van der Waals surface area contributed by atoms with Crippen molar-refractivity contribution in [3.8, 4) is 0 Å². The molecule has 24 heavy (non-hydrogen) atoms. The quantitative estimate of drug-likeness (QED) is 0.765. The number of aryl methyl sites for hydroxylation is 1. The number of rotatable bonds is 7. The molecule has 134 valence electrons. The number of hydrogen-bond acceptors (Lipinski definition) is 4. The number of furan rings is 1. The summed E-state index contributed by atoms with van der Waals surface area (Å²) in [4.78, 5) is 31.1. The zero-order valence-corrected chi connectivity index (χ0v) is 15.1. The van der Waals surface area contributed by atoms with E-state index in [-0.39, 0.29) is 11.8 Å². The van der Waals surface area contributed by atoms with Gasteiger partial charge in [0.25, 0.3) is 5.91 Å². The lowest BCUT2D eigenvalue weighted by atomic mass is 10.2. The van der Waals surface area contributed by atoms with Crippen LogP contribution in [0, 0.1) is 6.92 Å². The summed E-state index contributed by atoms with van der Waals surface area (Å²) in [5.41, 5.74) is 0.590. The predicted molar refractivity (Wildman–Crippen MR) is 93.0 cm³/mol. The lowest BCUT2D eigenvalue weighted by Gasteiger charge is -2.34. The minimum atomic E-state index is -0.0493. The Bertz CT molecular complexity index is 547. The molecule has 2 rings (SSSR count). The van der Waals surface area contributed by atoms with Crippen LogP contribution < -0.4 is 0 Å². The Balaban J connectivity index is 1.88. The Kier molecular flexibility index (Phi) is 6.85. The minimum Gasteiger partial charge on any atom is -0.469 e. The molecule has 2 heterocycles. The number of carbonyl (C=O) groups is 2. The van der Waals surface area contributed by atoms with E-state index >= 15 is 0 Å². The highest BCUT2D eigenvalue weighted by molar-refractivity contribution is 5.95. The number of hydrogen-bond donors (Lipinski definition) is 0. The van der Waals surface area contributed by atoms with Gasteiger partial charge in [-0.3, -0.25) is 9.59 Å². The lowest BCUT2D eigenvalue weighted by Crippen LogP contribution is -2.49. The molecule has 6 heteroatoms. The SMILES string of the molecule is CCCN(CCC(=O)N1CCN(CC)CC1)C(=O)c1ccoc1C. The van der Waals surface area contributed by atoms with Crippen molar-refractivity contribution < 1.29 is 14.0 Å². The summed E-state index contributed by atoms with van der Waals surface area (Å²) in [6, 6.07) is 1.70. The average Bonchev–Trinajstić information content (AvgIpc) is 3.03. The first-order chi connectivity index (χ1) is 11.6. The van der Waals surface area contributed by atoms with E-state index in [1.807, 2.05) is 11.8 Å². The van der Waals surface area contributed by atoms with Gasteiger partial charge in [-0.15, -0.1) is 0 Å². The zero-order valence-electron chi connectivity index (χ0n) is 15.1. The van der Waals surface area contributed by atoms with E-state index in [9.17, 15) is 9.59 Å². The van der Waals surface area contributed by atoms with Gasteiger partial charge in [-0.1, -0.05) is 13.8 Å². The third-order valence-corrected chi connectivity index (χ3v) is 4.64. The van der Waals surface area contributed by atoms with Gasteiger partial charge in [-0.05, 0) is 26.0 Å². The van der Waals surface area contributed by atoms with E-state index in [0.717, 1.165) is 39.1 Å². The second kappa shape index (κ2) is 8.87. The zero-order chi connectivity index (χ0) is 17.5. The Labute approximate surface area is 144 Å². The topological polar surface area (TPSA) is 57.0 Å². The molecule has 1 aliphatic heterocycles. The molecule has 0 aromatic carbocycles. The molecule has 0 radical (unpaired) electrons. The number of carbonyl (C=O) groups excluding carboxylic acids is 2. The molecule has 0 spiro atoms. The van der Waals surface area contributed by atoms with Crippen molar-refractivity contribution in [1.82, 2.24) is 14.7 Å². The molecule has 0 aliphatic carbocycles. The second-order valence-corrected chi connectivity index (χ2v) is 6.25. The fourth-order valence-corrected chi connectivity index (χ4v) is 3.06. The first kappa shape index (κ1) is 18.5. The van der Waals surface area contributed by atoms with Gasteiger partial charge >= 0.3 is 0 Å². The van der Waals surface area contributed by atoms with Crippen LogP contribution >= 0.6 is 0 Å². The van der Waals surface area contributed by atoms with E-state index in [1.165, 1.54) is 6.26 Å². The third kappa shape index (κ3) is 4.60. The van der Waals surface area contributed by atoms with Crippen molar-refractivity contribution in [2.24, 2.45) is 0 Å². The molecular formula is C18H29N3O3. The monoisotopic (exact) mass is 335 g/mol. The molecule has 0 bridgehead atoms. The highest BCUT2D eigenvalue weighted by atomic mass is 16.3. The average molecular weight is 335 g/mol. The van der Waals surface area contributed by atoms with Crippen molar-refractivity contribution in [1.29, 1.82) is 0 Å². The fraction of sp³-hybridized carbons (Fsp3) is 0.667. The number of amides is 2. The van der Waals surface area contributed by atoms with E-state index in [4.69, 9.17) is 4.42 Å². The van der Waals surface area contributed by atoms with Gasteiger partial charge in [0.2, 0.25) is 5.91 Å². The van der Waals surface area contributed by atoms with Crippen LogP contribution in [0.1, 0.15) is 42.8 Å². The van der Waals surface area contributed by atoms with Crippen LogP contribution in [0.5, 0.6) is 0 Å². The maximum absolute atomic E-state index is 12.6. The largest absolute Gasteiger partial charge is 0.469 e. The maximum atomic E-state index is 12.6. The highest BCUT2D eigenvalue weighted by Crippen LogP contribution is 2.13. The molecule has 2 amide bonds. The molecule has 0 atom stereocenters. The van der Waals surface area contributed by atoms with E-state index in [2.05, 4.69) is 11.8 Å². The van der Waals surface area contributed by atoms with Gasteiger partial charge in [0.15, 0.2) is 0 Å². The van der Waals surface area contributed by atoms with Gasteiger partial charge in [-0.25, -0.2) is 0 Å². The van der Waals surface area contributed by atoms with Crippen LogP contribution in [0.15, 0.2) is 16.7 Å². The Hall–Kier alpha value is -1.82. The smallest absolute Gasteiger partial charge is 0.257 e. The summed E-state index contributed by atoms with van der Waals surface area (Å²) < 4.78 is 5.23. The number of piperazine rings is 1. The normalized spacial score (nSPS) is 15.5. The molecule has 1 saturated heterocycles. The Morgan fingerprint density at radius 1 is 1.17 bits per heavy atom. The highest BCUT2D eigenvalue weighted by Gasteiger charge is 2.23. The fourth-order valence-electron chi connectivity index (χ4n) is 3.06. The van der Waals surface area contributed by atoms with Crippen LogP contribution in [0.25, 0.3) is 0 Å².